The van der Waals surface area contributed by atoms with Gasteiger partial charge >= 0.3 is 12.3 Å². The van der Waals surface area contributed by atoms with Crippen LogP contribution in [0.3, 0.4) is 0 Å². The predicted octanol–water partition coefficient (Wildman–Crippen LogP) is 3.81. The third-order valence-corrected chi connectivity index (χ3v) is 4.27. The molecule has 0 radical (unpaired) electrons. The van der Waals surface area contributed by atoms with E-state index < -0.39 is 42.7 Å². The van der Waals surface area contributed by atoms with E-state index in [-0.39, 0.29) is 6.61 Å². The molecular formula is C18H23ClF3NO4. The van der Waals surface area contributed by atoms with Gasteiger partial charge in [0.25, 0.3) is 0 Å². The number of amides is 1. The summed E-state index contributed by atoms with van der Waals surface area (Å²) >= 11 is 5.86. The van der Waals surface area contributed by atoms with Crippen LogP contribution in [0.15, 0.2) is 24.3 Å². The Bertz CT molecular complexity index is 645. The van der Waals surface area contributed by atoms with Gasteiger partial charge in [0, 0.05) is 5.02 Å². The Morgan fingerprint density at radius 1 is 1.33 bits per heavy atom. The van der Waals surface area contributed by atoms with Gasteiger partial charge in [-0.2, -0.15) is 13.2 Å². The third-order valence-electron chi connectivity index (χ3n) is 4.02. The van der Waals surface area contributed by atoms with Gasteiger partial charge < -0.3 is 14.6 Å². The topological polar surface area (TPSA) is 59.0 Å². The number of hydrogen-bond acceptors (Lipinski definition) is 4. The summed E-state index contributed by atoms with van der Waals surface area (Å²) in [4.78, 5) is 13.7. The molecule has 0 unspecified atom stereocenters. The van der Waals surface area contributed by atoms with Gasteiger partial charge in [-0.3, -0.25) is 4.90 Å². The molecular weight excluding hydrogens is 387 g/mol. The van der Waals surface area contributed by atoms with Gasteiger partial charge in [-0.1, -0.05) is 23.7 Å². The van der Waals surface area contributed by atoms with Crippen molar-refractivity contribution >= 4 is 17.7 Å². The Kier molecular flexibility index (Phi) is 6.65. The van der Waals surface area contributed by atoms with Crippen LogP contribution in [0.2, 0.25) is 5.02 Å². The summed E-state index contributed by atoms with van der Waals surface area (Å²) in [7, 11) is 0. The number of aliphatic hydroxyl groups is 1. The molecule has 0 saturated carbocycles. The smallest absolute Gasteiger partial charge is 0.416 e. The zero-order chi connectivity index (χ0) is 20.4. The lowest BCUT2D eigenvalue weighted by Gasteiger charge is -2.41. The zero-order valence-corrected chi connectivity index (χ0v) is 16.0. The van der Waals surface area contributed by atoms with Crippen LogP contribution in [-0.2, 0) is 15.9 Å². The predicted molar refractivity (Wildman–Crippen MR) is 93.7 cm³/mol. The molecule has 1 aromatic carbocycles. The fraction of sp³-hybridized carbons (Fsp3) is 0.611. The van der Waals surface area contributed by atoms with E-state index in [4.69, 9.17) is 21.1 Å². The van der Waals surface area contributed by atoms with Crippen molar-refractivity contribution in [1.82, 2.24) is 4.90 Å². The normalized spacial score (nSPS) is 22.4. The fourth-order valence-corrected chi connectivity index (χ4v) is 2.85. The molecule has 5 nitrogen and oxygen atoms in total. The van der Waals surface area contributed by atoms with Crippen LogP contribution in [-0.4, -0.2) is 59.3 Å². The van der Waals surface area contributed by atoms with Gasteiger partial charge in [-0.25, -0.2) is 4.79 Å². The second-order valence-corrected chi connectivity index (χ2v) is 7.91. The number of morpholine rings is 1. The number of carbonyl (C=O) groups is 1. The van der Waals surface area contributed by atoms with E-state index in [1.807, 2.05) is 0 Å². The van der Waals surface area contributed by atoms with Gasteiger partial charge in [0.05, 0.1) is 19.2 Å². The average Bonchev–Trinajstić information content (AvgIpc) is 2.54. The molecule has 0 bridgehead atoms. The van der Waals surface area contributed by atoms with Crippen molar-refractivity contribution in [3.8, 4) is 0 Å². The lowest BCUT2D eigenvalue weighted by molar-refractivity contribution is -0.247. The summed E-state index contributed by atoms with van der Waals surface area (Å²) in [6.45, 7) is 4.43. The van der Waals surface area contributed by atoms with Gasteiger partial charge in [0.15, 0.2) is 6.10 Å². The molecule has 3 atom stereocenters. The van der Waals surface area contributed by atoms with Crippen molar-refractivity contribution < 1.29 is 32.5 Å². The molecule has 1 N–H and O–H groups in total. The quantitative estimate of drug-likeness (QED) is 0.824. The highest BCUT2D eigenvalue weighted by Crippen LogP contribution is 2.28. The highest BCUT2D eigenvalue weighted by atomic mass is 35.5. The summed E-state index contributed by atoms with van der Waals surface area (Å²) < 4.78 is 49.1. The Morgan fingerprint density at radius 3 is 2.44 bits per heavy atom. The van der Waals surface area contributed by atoms with E-state index in [0.29, 0.717) is 11.4 Å². The minimum absolute atomic E-state index is 0.153. The monoisotopic (exact) mass is 409 g/mol. The SMILES string of the molecule is CC(C)(C)OC(=O)N1C[C@H]([C@H](O)C(F)(F)F)OC[C@@H]1Cc1ccc(Cl)cc1. The van der Waals surface area contributed by atoms with Crippen LogP contribution in [0.5, 0.6) is 0 Å². The first-order chi connectivity index (χ1) is 12.4. The van der Waals surface area contributed by atoms with E-state index in [2.05, 4.69) is 0 Å². The number of carbonyl (C=O) groups excluding carboxylic acids is 1. The van der Waals surface area contributed by atoms with Crippen molar-refractivity contribution in [2.75, 3.05) is 13.2 Å². The molecule has 1 aromatic rings. The maximum Gasteiger partial charge on any atom is 0.416 e. The third kappa shape index (κ3) is 6.26. The summed E-state index contributed by atoms with van der Waals surface area (Å²) in [5, 5.41) is 10.1. The molecule has 2 rings (SSSR count). The fourth-order valence-electron chi connectivity index (χ4n) is 2.73. The van der Waals surface area contributed by atoms with Gasteiger partial charge in [0.1, 0.15) is 11.7 Å². The molecule has 1 saturated heterocycles. The van der Waals surface area contributed by atoms with Crippen molar-refractivity contribution in [3.63, 3.8) is 0 Å². The van der Waals surface area contributed by atoms with Crippen molar-refractivity contribution in [2.24, 2.45) is 0 Å². The first-order valence-corrected chi connectivity index (χ1v) is 8.85. The second-order valence-electron chi connectivity index (χ2n) is 7.48. The van der Waals surface area contributed by atoms with Crippen LogP contribution >= 0.6 is 11.6 Å². The number of rotatable bonds is 3. The first kappa shape index (κ1) is 21.8. The largest absolute Gasteiger partial charge is 0.444 e. The Balaban J connectivity index is 2.19. The number of halogens is 4. The number of aliphatic hydroxyl groups excluding tert-OH is 1. The molecule has 1 aliphatic rings. The van der Waals surface area contributed by atoms with E-state index in [9.17, 15) is 23.1 Å². The number of ether oxygens (including phenoxy) is 2. The van der Waals surface area contributed by atoms with Crippen LogP contribution in [0.1, 0.15) is 26.3 Å². The molecule has 152 valence electrons. The number of alkyl halides is 3. The van der Waals surface area contributed by atoms with E-state index in [1.165, 1.54) is 4.90 Å². The molecule has 1 heterocycles. The van der Waals surface area contributed by atoms with Crippen molar-refractivity contribution in [2.45, 2.75) is 57.2 Å². The molecule has 1 fully saturated rings. The summed E-state index contributed by atoms with van der Waals surface area (Å²) in [5.74, 6) is 0. The average molecular weight is 410 g/mol. The lowest BCUT2D eigenvalue weighted by atomic mass is 10.0. The van der Waals surface area contributed by atoms with Gasteiger partial charge in [-0.15, -0.1) is 0 Å². The van der Waals surface area contributed by atoms with Crippen molar-refractivity contribution in [1.29, 1.82) is 0 Å². The maximum absolute atomic E-state index is 12.8. The van der Waals surface area contributed by atoms with Crippen LogP contribution in [0, 0.1) is 0 Å². The Hall–Kier alpha value is -1.51. The van der Waals surface area contributed by atoms with Crippen molar-refractivity contribution in [3.05, 3.63) is 34.9 Å². The van der Waals surface area contributed by atoms with Gasteiger partial charge in [-0.05, 0) is 44.9 Å². The molecule has 9 heteroatoms. The summed E-state index contributed by atoms with van der Waals surface area (Å²) in [6, 6.07) is 6.39. The number of nitrogens with zero attached hydrogens (tertiary/aromatic N) is 1. The molecule has 1 aliphatic heterocycles. The second kappa shape index (κ2) is 8.24. The molecule has 0 aliphatic carbocycles. The van der Waals surface area contributed by atoms with E-state index in [1.54, 1.807) is 45.0 Å². The van der Waals surface area contributed by atoms with E-state index >= 15 is 0 Å². The molecule has 27 heavy (non-hydrogen) atoms. The summed E-state index contributed by atoms with van der Waals surface area (Å²) in [5.41, 5.74) is 0.0367. The van der Waals surface area contributed by atoms with Crippen LogP contribution in [0.4, 0.5) is 18.0 Å². The van der Waals surface area contributed by atoms with E-state index in [0.717, 1.165) is 5.56 Å². The highest BCUT2D eigenvalue weighted by molar-refractivity contribution is 6.30. The minimum atomic E-state index is -4.84. The van der Waals surface area contributed by atoms with Gasteiger partial charge in [0.2, 0.25) is 0 Å². The standard InChI is InChI=1S/C18H23ClF3NO4/c1-17(2,3)27-16(25)23-9-14(15(24)18(20,21)22)26-10-13(23)8-11-4-6-12(19)7-5-11/h4-7,13-15,24H,8-10H2,1-3H3/t13-,14+,15-/m0/s1. The number of benzene rings is 1. The van der Waals surface area contributed by atoms with Crippen LogP contribution < -0.4 is 0 Å². The maximum atomic E-state index is 12.8. The van der Waals surface area contributed by atoms with Crippen LogP contribution in [0.25, 0.3) is 0 Å². The summed E-state index contributed by atoms with van der Waals surface area (Å²) in [6.07, 6.45) is -9.49. The molecule has 0 aromatic heterocycles. The lowest BCUT2D eigenvalue weighted by Crippen LogP contribution is -2.59. The molecule has 1 amide bonds. The zero-order valence-electron chi connectivity index (χ0n) is 15.3. The minimum Gasteiger partial charge on any atom is -0.444 e. The highest BCUT2D eigenvalue weighted by Gasteiger charge is 2.48. The molecule has 0 spiro atoms. The Morgan fingerprint density at radius 2 is 1.93 bits per heavy atom. The first-order valence-electron chi connectivity index (χ1n) is 8.47. The number of hydrogen-bond donors (Lipinski definition) is 1. The Labute approximate surface area is 161 Å².